The minimum absolute atomic E-state index is 0.0496. The van der Waals surface area contributed by atoms with Crippen LogP contribution in [0.15, 0.2) is 28.7 Å². The van der Waals surface area contributed by atoms with Gasteiger partial charge in [-0.15, -0.1) is 0 Å². The van der Waals surface area contributed by atoms with E-state index in [0.717, 1.165) is 4.47 Å². The van der Waals surface area contributed by atoms with Gasteiger partial charge in [0.25, 0.3) is 0 Å². The van der Waals surface area contributed by atoms with E-state index in [1.54, 1.807) is 24.3 Å². The number of phenols is 1. The Morgan fingerprint density at radius 1 is 1.50 bits per heavy atom. The molecule has 14 heavy (non-hydrogen) atoms. The molecule has 2 N–H and O–H groups in total. The Balaban J connectivity index is 2.80. The highest BCUT2D eigenvalue weighted by Crippen LogP contribution is 2.22. The molecule has 74 valence electrons. The fourth-order valence-electron chi connectivity index (χ4n) is 0.946. The van der Waals surface area contributed by atoms with Crippen LogP contribution in [-0.2, 0) is 4.79 Å². The lowest BCUT2D eigenvalue weighted by atomic mass is 10.2. The van der Waals surface area contributed by atoms with Gasteiger partial charge in [0.1, 0.15) is 5.75 Å². The smallest absolute Gasteiger partial charge is 0.307 e. The van der Waals surface area contributed by atoms with E-state index in [9.17, 15) is 9.90 Å². The first kappa shape index (κ1) is 10.8. The third-order valence-electron chi connectivity index (χ3n) is 1.58. The predicted octanol–water partition coefficient (Wildman–Crippen LogP) is 2.64. The van der Waals surface area contributed by atoms with Gasteiger partial charge in [0.15, 0.2) is 0 Å². The molecule has 0 aliphatic rings. The molecule has 0 saturated carbocycles. The predicted molar refractivity (Wildman–Crippen MR) is 57.1 cm³/mol. The van der Waals surface area contributed by atoms with E-state index in [-0.39, 0.29) is 12.2 Å². The molecule has 0 bridgehead atoms. The highest BCUT2D eigenvalue weighted by Gasteiger charge is 1.97. The van der Waals surface area contributed by atoms with Gasteiger partial charge in [-0.3, -0.25) is 4.79 Å². The fraction of sp³-hybridized carbons (Fsp3) is 0.100. The Kier molecular flexibility index (Phi) is 3.71. The highest BCUT2D eigenvalue weighted by atomic mass is 79.9. The molecule has 0 saturated heterocycles. The second-order valence-electron chi connectivity index (χ2n) is 2.70. The van der Waals surface area contributed by atoms with Crippen molar-refractivity contribution in [1.82, 2.24) is 0 Å². The zero-order valence-corrected chi connectivity index (χ0v) is 8.86. The number of rotatable bonds is 3. The molecule has 1 rings (SSSR count). The van der Waals surface area contributed by atoms with E-state index in [1.807, 2.05) is 0 Å². The summed E-state index contributed by atoms with van der Waals surface area (Å²) in [5, 5.41) is 17.8. The Morgan fingerprint density at radius 2 is 2.21 bits per heavy atom. The molecule has 0 radical (unpaired) electrons. The van der Waals surface area contributed by atoms with E-state index < -0.39 is 5.97 Å². The Morgan fingerprint density at radius 3 is 2.86 bits per heavy atom. The molecule has 1 aromatic carbocycles. The van der Waals surface area contributed by atoms with Crippen LogP contribution in [0.3, 0.4) is 0 Å². The molecule has 0 aliphatic heterocycles. The summed E-state index contributed by atoms with van der Waals surface area (Å²) in [5.41, 5.74) is 0.598. The molecule has 0 aliphatic carbocycles. The zero-order valence-electron chi connectivity index (χ0n) is 7.27. The van der Waals surface area contributed by atoms with Gasteiger partial charge in [0.05, 0.1) is 6.42 Å². The topological polar surface area (TPSA) is 57.5 Å². The second kappa shape index (κ2) is 4.81. The molecule has 0 unspecified atom stereocenters. The van der Waals surface area contributed by atoms with Crippen molar-refractivity contribution in [2.75, 3.05) is 0 Å². The summed E-state index contributed by atoms with van der Waals surface area (Å²) in [6.07, 6.45) is 3.02. The number of aliphatic carboxylic acids is 1. The summed E-state index contributed by atoms with van der Waals surface area (Å²) in [5.74, 6) is -0.759. The second-order valence-corrected chi connectivity index (χ2v) is 3.62. The summed E-state index contributed by atoms with van der Waals surface area (Å²) in [7, 11) is 0. The minimum Gasteiger partial charge on any atom is -0.507 e. The number of benzene rings is 1. The number of hydrogen-bond donors (Lipinski definition) is 2. The minimum atomic E-state index is -0.893. The van der Waals surface area contributed by atoms with Crippen molar-refractivity contribution in [2.24, 2.45) is 0 Å². The van der Waals surface area contributed by atoms with Gasteiger partial charge in [0, 0.05) is 10.0 Å². The van der Waals surface area contributed by atoms with Gasteiger partial charge >= 0.3 is 5.97 Å². The maximum atomic E-state index is 10.2. The van der Waals surface area contributed by atoms with Crippen LogP contribution in [0.5, 0.6) is 5.75 Å². The number of carbonyl (C=O) groups is 1. The molecule has 0 fully saturated rings. The molecular weight excluding hydrogens is 248 g/mol. The third kappa shape index (κ3) is 3.22. The summed E-state index contributed by atoms with van der Waals surface area (Å²) in [6, 6.07) is 4.97. The molecule has 0 amide bonds. The molecule has 3 nitrogen and oxygen atoms in total. The molecule has 4 heteroatoms. The van der Waals surface area contributed by atoms with Crippen LogP contribution in [0.1, 0.15) is 12.0 Å². The number of phenolic OH excluding ortho intramolecular Hbond substituents is 1. The van der Waals surface area contributed by atoms with E-state index >= 15 is 0 Å². The summed E-state index contributed by atoms with van der Waals surface area (Å²) in [6.45, 7) is 0. The standard InChI is InChI=1S/C10H9BrO3/c11-8-4-5-9(12)7(6-8)2-1-3-10(13)14/h1-2,4-6,12H,3H2,(H,13,14). The lowest BCUT2D eigenvalue weighted by Crippen LogP contribution is -1.89. The van der Waals surface area contributed by atoms with Gasteiger partial charge < -0.3 is 10.2 Å². The van der Waals surface area contributed by atoms with Crippen LogP contribution in [0.4, 0.5) is 0 Å². The van der Waals surface area contributed by atoms with E-state index in [1.165, 1.54) is 6.08 Å². The van der Waals surface area contributed by atoms with E-state index in [4.69, 9.17) is 5.11 Å². The Bertz CT molecular complexity index is 372. The lowest BCUT2D eigenvalue weighted by Gasteiger charge is -1.98. The van der Waals surface area contributed by atoms with Crippen molar-refractivity contribution < 1.29 is 15.0 Å². The van der Waals surface area contributed by atoms with Gasteiger partial charge in [-0.1, -0.05) is 28.1 Å². The molecular formula is C10H9BrO3. The van der Waals surface area contributed by atoms with Crippen LogP contribution in [0.2, 0.25) is 0 Å². The third-order valence-corrected chi connectivity index (χ3v) is 2.07. The lowest BCUT2D eigenvalue weighted by molar-refractivity contribution is -0.135. The molecule has 0 aromatic heterocycles. The summed E-state index contributed by atoms with van der Waals surface area (Å²) >= 11 is 3.26. The van der Waals surface area contributed by atoms with Crippen LogP contribution in [0, 0.1) is 0 Å². The van der Waals surface area contributed by atoms with Crippen molar-refractivity contribution in [3.63, 3.8) is 0 Å². The summed E-state index contributed by atoms with van der Waals surface area (Å²) in [4.78, 5) is 10.2. The monoisotopic (exact) mass is 256 g/mol. The molecule has 0 atom stereocenters. The van der Waals surface area contributed by atoms with Gasteiger partial charge in [-0.2, -0.15) is 0 Å². The van der Waals surface area contributed by atoms with E-state index in [2.05, 4.69) is 15.9 Å². The van der Waals surface area contributed by atoms with Crippen molar-refractivity contribution in [2.45, 2.75) is 6.42 Å². The zero-order chi connectivity index (χ0) is 10.6. The van der Waals surface area contributed by atoms with Gasteiger partial charge in [-0.25, -0.2) is 0 Å². The largest absolute Gasteiger partial charge is 0.507 e. The first-order chi connectivity index (χ1) is 6.59. The van der Waals surface area contributed by atoms with Crippen molar-refractivity contribution in [3.05, 3.63) is 34.3 Å². The van der Waals surface area contributed by atoms with Crippen LogP contribution >= 0.6 is 15.9 Å². The SMILES string of the molecule is O=C(O)CC=Cc1cc(Br)ccc1O. The Labute approximate surface area is 89.8 Å². The van der Waals surface area contributed by atoms with Crippen molar-refractivity contribution >= 4 is 28.0 Å². The molecule has 0 heterocycles. The van der Waals surface area contributed by atoms with Crippen LogP contribution in [0.25, 0.3) is 6.08 Å². The number of hydrogen-bond acceptors (Lipinski definition) is 2. The van der Waals surface area contributed by atoms with E-state index in [0.29, 0.717) is 5.56 Å². The molecule has 0 spiro atoms. The maximum Gasteiger partial charge on any atom is 0.307 e. The number of halogens is 1. The van der Waals surface area contributed by atoms with Gasteiger partial charge in [-0.05, 0) is 18.2 Å². The number of carboxylic acid groups (broad SMARTS) is 1. The quantitative estimate of drug-likeness (QED) is 0.875. The average molecular weight is 257 g/mol. The number of carboxylic acids is 1. The molecule has 1 aromatic rings. The first-order valence-electron chi connectivity index (χ1n) is 3.96. The fourth-order valence-corrected chi connectivity index (χ4v) is 1.32. The average Bonchev–Trinajstić information content (AvgIpc) is 2.10. The van der Waals surface area contributed by atoms with Crippen molar-refractivity contribution in [1.29, 1.82) is 0 Å². The van der Waals surface area contributed by atoms with Crippen LogP contribution in [-0.4, -0.2) is 16.2 Å². The number of aromatic hydroxyl groups is 1. The normalized spacial score (nSPS) is 10.6. The van der Waals surface area contributed by atoms with Crippen LogP contribution < -0.4 is 0 Å². The van der Waals surface area contributed by atoms with Gasteiger partial charge in [0.2, 0.25) is 0 Å². The highest BCUT2D eigenvalue weighted by molar-refractivity contribution is 9.10. The Hall–Kier alpha value is -1.29. The van der Waals surface area contributed by atoms with Crippen molar-refractivity contribution in [3.8, 4) is 5.75 Å². The maximum absolute atomic E-state index is 10.2. The first-order valence-corrected chi connectivity index (χ1v) is 4.76. The summed E-state index contributed by atoms with van der Waals surface area (Å²) < 4.78 is 0.838.